The predicted octanol–water partition coefficient (Wildman–Crippen LogP) is 2.52. The molecule has 0 saturated heterocycles. The molecule has 3 aromatic rings. The van der Waals surface area contributed by atoms with Crippen LogP contribution in [0.4, 0.5) is 0 Å². The van der Waals surface area contributed by atoms with Crippen molar-refractivity contribution < 1.29 is 19.1 Å². The molecule has 2 N–H and O–H groups in total. The van der Waals surface area contributed by atoms with E-state index in [0.29, 0.717) is 5.01 Å². The van der Waals surface area contributed by atoms with E-state index in [1.807, 2.05) is 24.3 Å². The number of hydrogen-bond donors (Lipinski definition) is 1. The summed E-state index contributed by atoms with van der Waals surface area (Å²) < 4.78 is 11.6. The van der Waals surface area contributed by atoms with E-state index in [9.17, 15) is 9.59 Å². The fraction of sp³-hybridized carbons (Fsp3) is 0.118. The molecule has 7 heteroatoms. The first kappa shape index (κ1) is 15.9. The van der Waals surface area contributed by atoms with Crippen LogP contribution in [0.25, 0.3) is 10.2 Å². The summed E-state index contributed by atoms with van der Waals surface area (Å²) in [5, 5.41) is 0.708. The highest BCUT2D eigenvalue weighted by Gasteiger charge is 2.15. The lowest BCUT2D eigenvalue weighted by Crippen LogP contribution is -2.21. The molecule has 0 bridgehead atoms. The molecule has 0 aliphatic rings. The fourth-order valence-corrected chi connectivity index (χ4v) is 2.98. The molecule has 2 aromatic carbocycles. The van der Waals surface area contributed by atoms with E-state index in [2.05, 4.69) is 4.98 Å². The van der Waals surface area contributed by atoms with Crippen molar-refractivity contribution in [1.82, 2.24) is 4.98 Å². The van der Waals surface area contributed by atoms with Crippen LogP contribution in [0.3, 0.4) is 0 Å². The van der Waals surface area contributed by atoms with Crippen molar-refractivity contribution in [3.8, 4) is 5.75 Å². The van der Waals surface area contributed by atoms with E-state index in [1.165, 1.54) is 11.3 Å². The van der Waals surface area contributed by atoms with E-state index in [4.69, 9.17) is 15.2 Å². The summed E-state index contributed by atoms with van der Waals surface area (Å²) in [6, 6.07) is 14.2. The fourth-order valence-electron chi connectivity index (χ4n) is 2.10. The smallest absolute Gasteiger partial charge is 0.342 e. The Labute approximate surface area is 141 Å². The molecule has 0 aliphatic carbocycles. The molecule has 122 valence electrons. The van der Waals surface area contributed by atoms with Gasteiger partial charge in [-0.1, -0.05) is 24.3 Å². The first-order valence-corrected chi connectivity index (χ1v) is 7.97. The number of ether oxygens (including phenoxy) is 2. The quantitative estimate of drug-likeness (QED) is 0.695. The molecule has 0 unspecified atom stereocenters. The topological polar surface area (TPSA) is 91.5 Å². The zero-order valence-electron chi connectivity index (χ0n) is 12.6. The maximum Gasteiger partial charge on any atom is 0.342 e. The molecular formula is C17H14N2O4S. The first-order chi connectivity index (χ1) is 11.6. The second kappa shape index (κ2) is 7.10. The van der Waals surface area contributed by atoms with E-state index in [-0.39, 0.29) is 24.5 Å². The Kier molecular flexibility index (Phi) is 4.72. The maximum atomic E-state index is 12.3. The molecule has 1 aromatic heterocycles. The van der Waals surface area contributed by atoms with Crippen molar-refractivity contribution in [2.75, 3.05) is 6.61 Å². The van der Waals surface area contributed by atoms with Gasteiger partial charge >= 0.3 is 5.97 Å². The van der Waals surface area contributed by atoms with Crippen LogP contribution in [0.1, 0.15) is 15.4 Å². The highest BCUT2D eigenvalue weighted by Crippen LogP contribution is 2.23. The minimum atomic E-state index is -0.618. The number of esters is 1. The van der Waals surface area contributed by atoms with Gasteiger partial charge in [-0.05, 0) is 24.3 Å². The average molecular weight is 342 g/mol. The molecule has 24 heavy (non-hydrogen) atoms. The maximum absolute atomic E-state index is 12.3. The second-order valence-electron chi connectivity index (χ2n) is 4.90. The molecule has 0 aliphatic heterocycles. The van der Waals surface area contributed by atoms with Crippen molar-refractivity contribution >= 4 is 33.4 Å². The molecule has 0 saturated carbocycles. The average Bonchev–Trinajstić information content (AvgIpc) is 3.01. The molecule has 3 rings (SSSR count). The summed E-state index contributed by atoms with van der Waals surface area (Å²) in [5.41, 5.74) is 6.16. The van der Waals surface area contributed by atoms with Gasteiger partial charge in [-0.2, -0.15) is 0 Å². The van der Waals surface area contributed by atoms with E-state index in [1.54, 1.807) is 24.3 Å². The SMILES string of the molecule is NC(=O)COc1ccccc1C(=O)OCc1nc2ccccc2s1. The lowest BCUT2D eigenvalue weighted by molar-refractivity contribution is -0.119. The molecule has 0 radical (unpaired) electrons. The zero-order chi connectivity index (χ0) is 16.9. The molecule has 6 nitrogen and oxygen atoms in total. The number of fused-ring (bicyclic) bond motifs is 1. The van der Waals surface area contributed by atoms with Gasteiger partial charge in [0.05, 0.1) is 10.2 Å². The van der Waals surface area contributed by atoms with Gasteiger partial charge in [-0.3, -0.25) is 4.79 Å². The third-order valence-electron chi connectivity index (χ3n) is 3.14. The third kappa shape index (κ3) is 3.69. The minimum Gasteiger partial charge on any atom is -0.483 e. The van der Waals surface area contributed by atoms with Crippen LogP contribution in [0, 0.1) is 0 Å². The summed E-state index contributed by atoms with van der Waals surface area (Å²) in [6.07, 6.45) is 0. The van der Waals surface area contributed by atoms with Crippen LogP contribution in [0.15, 0.2) is 48.5 Å². The highest BCUT2D eigenvalue weighted by molar-refractivity contribution is 7.18. The molecule has 0 fully saturated rings. The lowest BCUT2D eigenvalue weighted by atomic mass is 10.2. The highest BCUT2D eigenvalue weighted by atomic mass is 32.1. The van der Waals surface area contributed by atoms with Crippen LogP contribution < -0.4 is 10.5 Å². The van der Waals surface area contributed by atoms with Crippen molar-refractivity contribution in [1.29, 1.82) is 0 Å². The van der Waals surface area contributed by atoms with Gasteiger partial charge in [0, 0.05) is 0 Å². The van der Waals surface area contributed by atoms with Gasteiger partial charge < -0.3 is 15.2 Å². The van der Waals surface area contributed by atoms with Crippen molar-refractivity contribution in [3.63, 3.8) is 0 Å². The summed E-state index contributed by atoms with van der Waals surface area (Å²) in [4.78, 5) is 27.5. The zero-order valence-corrected chi connectivity index (χ0v) is 13.4. The van der Waals surface area contributed by atoms with Crippen LogP contribution in [0.2, 0.25) is 0 Å². The van der Waals surface area contributed by atoms with Crippen LogP contribution in [-0.4, -0.2) is 23.5 Å². The monoisotopic (exact) mass is 342 g/mol. The molecule has 0 atom stereocenters. The van der Waals surface area contributed by atoms with Gasteiger partial charge in [0.2, 0.25) is 0 Å². The number of aromatic nitrogens is 1. The Morgan fingerprint density at radius 3 is 2.62 bits per heavy atom. The van der Waals surface area contributed by atoms with Crippen LogP contribution in [0.5, 0.6) is 5.75 Å². The summed E-state index contributed by atoms with van der Waals surface area (Å²) in [5.74, 6) is -0.910. The number of carbonyl (C=O) groups excluding carboxylic acids is 2. The van der Waals surface area contributed by atoms with E-state index in [0.717, 1.165) is 10.2 Å². The Bertz CT molecular complexity index is 858. The minimum absolute atomic E-state index is 0.0718. The number of nitrogens with zero attached hydrogens (tertiary/aromatic N) is 1. The molecule has 1 amide bonds. The summed E-state index contributed by atoms with van der Waals surface area (Å²) >= 11 is 1.47. The third-order valence-corrected chi connectivity index (χ3v) is 4.15. The lowest BCUT2D eigenvalue weighted by Gasteiger charge is -2.09. The number of carbonyl (C=O) groups is 2. The predicted molar refractivity (Wildman–Crippen MR) is 89.9 cm³/mol. The summed E-state index contributed by atoms with van der Waals surface area (Å²) in [6.45, 7) is -0.232. The molecule has 0 spiro atoms. The summed E-state index contributed by atoms with van der Waals surface area (Å²) in [7, 11) is 0. The number of hydrogen-bond acceptors (Lipinski definition) is 6. The van der Waals surface area contributed by atoms with Crippen LogP contribution >= 0.6 is 11.3 Å². The van der Waals surface area contributed by atoms with Crippen molar-refractivity contribution in [2.45, 2.75) is 6.61 Å². The van der Waals surface area contributed by atoms with Gasteiger partial charge in [0.1, 0.15) is 22.9 Å². The molecular weight excluding hydrogens is 328 g/mol. The number of rotatable bonds is 6. The number of amides is 1. The number of thiazole rings is 1. The Morgan fingerprint density at radius 1 is 1.08 bits per heavy atom. The standard InChI is InChI=1S/C17H14N2O4S/c18-15(20)9-22-13-7-3-1-5-11(13)17(21)23-10-16-19-12-6-2-4-8-14(12)24-16/h1-8H,9-10H2,(H2,18,20). The number of primary amides is 1. The second-order valence-corrected chi connectivity index (χ2v) is 6.02. The van der Waals surface area contributed by atoms with Gasteiger partial charge in [-0.25, -0.2) is 9.78 Å². The Morgan fingerprint density at radius 2 is 1.83 bits per heavy atom. The van der Waals surface area contributed by atoms with E-state index >= 15 is 0 Å². The number of benzene rings is 2. The van der Waals surface area contributed by atoms with Crippen molar-refractivity contribution in [2.24, 2.45) is 5.73 Å². The number of nitrogens with two attached hydrogens (primary N) is 1. The van der Waals surface area contributed by atoms with Crippen molar-refractivity contribution in [3.05, 3.63) is 59.1 Å². The Balaban J connectivity index is 1.69. The molecule has 1 heterocycles. The van der Waals surface area contributed by atoms with Gasteiger partial charge in [-0.15, -0.1) is 11.3 Å². The normalized spacial score (nSPS) is 10.5. The first-order valence-electron chi connectivity index (χ1n) is 7.15. The van der Waals surface area contributed by atoms with E-state index < -0.39 is 11.9 Å². The Hall–Kier alpha value is -2.93. The van der Waals surface area contributed by atoms with Gasteiger partial charge in [0.25, 0.3) is 5.91 Å². The largest absolute Gasteiger partial charge is 0.483 e. The van der Waals surface area contributed by atoms with Gasteiger partial charge in [0.15, 0.2) is 6.61 Å². The van der Waals surface area contributed by atoms with Crippen LogP contribution in [-0.2, 0) is 16.1 Å². The number of para-hydroxylation sites is 2.